The van der Waals surface area contributed by atoms with Gasteiger partial charge in [-0.25, -0.2) is 0 Å². The van der Waals surface area contributed by atoms with E-state index in [0.29, 0.717) is 36.6 Å². The van der Waals surface area contributed by atoms with Crippen molar-refractivity contribution in [2.75, 3.05) is 19.6 Å². The summed E-state index contributed by atoms with van der Waals surface area (Å²) in [6.07, 6.45) is 10.2. The largest absolute Gasteiger partial charge is 0.457 e. The molecule has 7 nitrogen and oxygen atoms in total. The van der Waals surface area contributed by atoms with E-state index in [1.165, 1.54) is 37.7 Å². The van der Waals surface area contributed by atoms with Crippen molar-refractivity contribution in [2.45, 2.75) is 89.3 Å². The number of benzene rings is 2. The summed E-state index contributed by atoms with van der Waals surface area (Å²) in [4.78, 5) is 31.8. The molecule has 1 spiro atoms. The van der Waals surface area contributed by atoms with Gasteiger partial charge in [-0.05, 0) is 73.6 Å². The molecule has 41 heavy (non-hydrogen) atoms. The van der Waals surface area contributed by atoms with E-state index in [0.717, 1.165) is 44.6 Å². The molecule has 2 heterocycles. The number of ether oxygens (including phenoxy) is 1. The molecule has 1 aliphatic carbocycles. The fraction of sp³-hybridized carbons (Fsp3) is 0.545. The predicted molar refractivity (Wildman–Crippen MR) is 162 cm³/mol. The van der Waals surface area contributed by atoms with E-state index in [2.05, 4.69) is 35.3 Å². The number of nitriles is 1. The molecule has 0 radical (unpaired) electrons. The van der Waals surface area contributed by atoms with Gasteiger partial charge in [-0.1, -0.05) is 57.6 Å². The number of hydrogen-bond acceptors (Lipinski definition) is 5. The lowest BCUT2D eigenvalue weighted by Gasteiger charge is -2.52. The third-order valence-electron chi connectivity index (χ3n) is 9.07. The maximum absolute atomic E-state index is 13.8. The maximum atomic E-state index is 13.8. The number of likely N-dealkylation sites (tertiary alicyclic amines) is 1. The molecule has 2 saturated heterocycles. The molecule has 2 aromatic rings. The Bertz CT molecular complexity index is 1200. The summed E-state index contributed by atoms with van der Waals surface area (Å²) in [7, 11) is 0. The van der Waals surface area contributed by atoms with Crippen molar-refractivity contribution in [1.82, 2.24) is 15.1 Å². The van der Waals surface area contributed by atoms with Gasteiger partial charge in [0, 0.05) is 26.2 Å². The minimum absolute atomic E-state index is 0. The van der Waals surface area contributed by atoms with Crippen molar-refractivity contribution in [3.8, 4) is 17.6 Å². The molecule has 2 aromatic carbocycles. The summed E-state index contributed by atoms with van der Waals surface area (Å²) in [5.41, 5.74) is 1.07. The number of carbonyl (C=O) groups excluding carboxylic acids is 2. The SMILES string of the molecule is CCCCN1C(=O)[C@H](CC2CCCCC2)NC(=O)C12CCN(Cc1ccc(Oc3ccc(C#N)cc3)cc1)CC2.Cl. The zero-order valence-corrected chi connectivity index (χ0v) is 25.0. The Kier molecular flexibility index (Phi) is 10.7. The number of rotatable bonds is 9. The number of nitrogens with zero attached hydrogens (tertiary/aromatic N) is 3. The highest BCUT2D eigenvalue weighted by atomic mass is 35.5. The molecular formula is C33H43ClN4O3. The van der Waals surface area contributed by atoms with Crippen LogP contribution < -0.4 is 10.1 Å². The van der Waals surface area contributed by atoms with E-state index in [1.54, 1.807) is 24.3 Å². The highest BCUT2D eigenvalue weighted by Crippen LogP contribution is 2.36. The molecule has 1 N–H and O–H groups in total. The minimum Gasteiger partial charge on any atom is -0.457 e. The molecule has 1 atom stereocenters. The summed E-state index contributed by atoms with van der Waals surface area (Å²) in [6.45, 7) is 5.16. The molecule has 0 unspecified atom stereocenters. The third kappa shape index (κ3) is 7.23. The number of unbranched alkanes of at least 4 members (excludes halogenated alkanes) is 1. The maximum Gasteiger partial charge on any atom is 0.246 e. The molecule has 2 amide bonds. The topological polar surface area (TPSA) is 85.7 Å². The number of piperazine rings is 1. The fourth-order valence-corrected chi connectivity index (χ4v) is 6.67. The van der Waals surface area contributed by atoms with Gasteiger partial charge in [-0.3, -0.25) is 14.5 Å². The first-order valence-electron chi connectivity index (χ1n) is 15.1. The highest BCUT2D eigenvalue weighted by molar-refractivity contribution is 6.00. The Morgan fingerprint density at radius 3 is 2.22 bits per heavy atom. The molecular weight excluding hydrogens is 536 g/mol. The van der Waals surface area contributed by atoms with Crippen molar-refractivity contribution >= 4 is 24.2 Å². The van der Waals surface area contributed by atoms with Gasteiger partial charge in [0.05, 0.1) is 11.6 Å². The average molecular weight is 579 g/mol. The van der Waals surface area contributed by atoms with Gasteiger partial charge in [0.1, 0.15) is 23.1 Å². The number of nitrogens with one attached hydrogen (secondary N) is 1. The van der Waals surface area contributed by atoms with Gasteiger partial charge in [-0.2, -0.15) is 5.26 Å². The van der Waals surface area contributed by atoms with Crippen LogP contribution in [0.5, 0.6) is 11.5 Å². The number of amides is 2. The molecule has 1 saturated carbocycles. The second kappa shape index (κ2) is 14.2. The van der Waals surface area contributed by atoms with E-state index in [4.69, 9.17) is 10.00 Å². The highest BCUT2D eigenvalue weighted by Gasteiger charge is 2.53. The van der Waals surface area contributed by atoms with Crippen LogP contribution in [-0.4, -0.2) is 52.8 Å². The van der Waals surface area contributed by atoms with Crippen LogP contribution >= 0.6 is 12.4 Å². The lowest BCUT2D eigenvalue weighted by molar-refractivity contribution is -0.162. The first kappa shape index (κ1) is 30.9. The molecule has 8 heteroatoms. The van der Waals surface area contributed by atoms with Gasteiger partial charge in [0.2, 0.25) is 11.8 Å². The van der Waals surface area contributed by atoms with E-state index in [9.17, 15) is 9.59 Å². The Labute approximate surface area is 250 Å². The van der Waals surface area contributed by atoms with Crippen molar-refractivity contribution < 1.29 is 14.3 Å². The third-order valence-corrected chi connectivity index (χ3v) is 9.07. The second-order valence-corrected chi connectivity index (χ2v) is 11.8. The summed E-state index contributed by atoms with van der Waals surface area (Å²) in [6, 6.07) is 16.9. The van der Waals surface area contributed by atoms with Gasteiger partial charge < -0.3 is 15.0 Å². The number of piperidine rings is 1. The number of carbonyl (C=O) groups is 2. The van der Waals surface area contributed by atoms with Crippen LogP contribution in [-0.2, 0) is 16.1 Å². The van der Waals surface area contributed by atoms with Crippen LogP contribution in [0.3, 0.4) is 0 Å². The van der Waals surface area contributed by atoms with Gasteiger partial charge >= 0.3 is 0 Å². The van der Waals surface area contributed by atoms with Crippen molar-refractivity contribution in [3.63, 3.8) is 0 Å². The lowest BCUT2D eigenvalue weighted by Crippen LogP contribution is -2.73. The molecule has 0 aromatic heterocycles. The standard InChI is InChI=1S/C33H42N4O3.ClH/c1-2-3-19-37-31(38)30(22-25-7-5-4-6-8-25)35-32(39)33(37)17-20-36(21-18-33)24-27-11-15-29(16-12-27)40-28-13-9-26(23-34)10-14-28;/h9-16,25,30H,2-8,17-22,24H2,1H3,(H,35,39);1H/t30-;/m0./s1. The molecule has 3 fully saturated rings. The van der Waals surface area contributed by atoms with Crippen molar-refractivity contribution in [3.05, 3.63) is 59.7 Å². The van der Waals surface area contributed by atoms with E-state index in [1.807, 2.05) is 17.0 Å². The lowest BCUT2D eigenvalue weighted by atomic mass is 9.79. The Morgan fingerprint density at radius 2 is 1.61 bits per heavy atom. The summed E-state index contributed by atoms with van der Waals surface area (Å²) in [5, 5.41) is 12.2. The second-order valence-electron chi connectivity index (χ2n) is 11.8. The molecule has 2 aliphatic heterocycles. The van der Waals surface area contributed by atoms with Crippen LogP contribution in [0.1, 0.15) is 82.3 Å². The fourth-order valence-electron chi connectivity index (χ4n) is 6.67. The summed E-state index contributed by atoms with van der Waals surface area (Å²) in [5.74, 6) is 2.20. The van der Waals surface area contributed by atoms with E-state index < -0.39 is 5.54 Å². The van der Waals surface area contributed by atoms with Crippen LogP contribution in [0.4, 0.5) is 0 Å². The monoisotopic (exact) mass is 578 g/mol. The van der Waals surface area contributed by atoms with Gasteiger partial charge in [0.25, 0.3) is 0 Å². The molecule has 0 bridgehead atoms. The predicted octanol–water partition coefficient (Wildman–Crippen LogP) is 6.20. The van der Waals surface area contributed by atoms with Crippen molar-refractivity contribution in [2.24, 2.45) is 5.92 Å². The smallest absolute Gasteiger partial charge is 0.246 e. The van der Waals surface area contributed by atoms with E-state index >= 15 is 0 Å². The molecule has 220 valence electrons. The van der Waals surface area contributed by atoms with Crippen LogP contribution in [0, 0.1) is 17.2 Å². The van der Waals surface area contributed by atoms with Crippen LogP contribution in [0.2, 0.25) is 0 Å². The van der Waals surface area contributed by atoms with Gasteiger partial charge in [-0.15, -0.1) is 12.4 Å². The first-order chi connectivity index (χ1) is 19.5. The first-order valence-corrected chi connectivity index (χ1v) is 15.1. The summed E-state index contributed by atoms with van der Waals surface area (Å²) >= 11 is 0. The minimum atomic E-state index is -0.718. The zero-order chi connectivity index (χ0) is 28.0. The average Bonchev–Trinajstić information content (AvgIpc) is 2.99. The Hall–Kier alpha value is -3.08. The Morgan fingerprint density at radius 1 is 0.976 bits per heavy atom. The van der Waals surface area contributed by atoms with Crippen LogP contribution in [0.15, 0.2) is 48.5 Å². The Balaban J connectivity index is 0.00000387. The van der Waals surface area contributed by atoms with Crippen LogP contribution in [0.25, 0.3) is 0 Å². The quantitative estimate of drug-likeness (QED) is 0.383. The summed E-state index contributed by atoms with van der Waals surface area (Å²) < 4.78 is 5.92. The number of halogens is 1. The van der Waals surface area contributed by atoms with Crippen molar-refractivity contribution in [1.29, 1.82) is 5.26 Å². The molecule has 5 rings (SSSR count). The van der Waals surface area contributed by atoms with Gasteiger partial charge in [0.15, 0.2) is 0 Å². The normalized spacial score (nSPS) is 21.2. The van der Waals surface area contributed by atoms with E-state index in [-0.39, 0.29) is 30.3 Å². The molecule has 3 aliphatic rings. The number of hydrogen-bond donors (Lipinski definition) is 1. The zero-order valence-electron chi connectivity index (χ0n) is 24.1.